The van der Waals surface area contributed by atoms with Gasteiger partial charge in [0.15, 0.2) is 0 Å². The third kappa shape index (κ3) is 16.0. The van der Waals surface area contributed by atoms with Crippen LogP contribution in [0.1, 0.15) is 75.3 Å². The summed E-state index contributed by atoms with van der Waals surface area (Å²) in [5.74, 6) is 1.73. The molecule has 0 spiro atoms. The van der Waals surface area contributed by atoms with Crippen molar-refractivity contribution in [3.05, 3.63) is 101 Å². The minimum atomic E-state index is -5.09. The van der Waals surface area contributed by atoms with Crippen LogP contribution in [0.4, 0.5) is 46.3 Å². The Hall–Kier alpha value is -7.08. The van der Waals surface area contributed by atoms with Gasteiger partial charge in [-0.1, -0.05) is 44.7 Å². The minimum absolute atomic E-state index is 0.314. The minimum Gasteiger partial charge on any atom is -0.453 e. The first-order valence-electron chi connectivity index (χ1n) is 25.3. The second kappa shape index (κ2) is 26.3. The first-order chi connectivity index (χ1) is 37.2. The zero-order valence-corrected chi connectivity index (χ0v) is 44.7. The van der Waals surface area contributed by atoms with E-state index in [0.29, 0.717) is 54.6 Å². The number of carbonyl (C=O) groups excluding carboxylic acids is 4. The number of hydrogen-bond acceptors (Lipinski definition) is 15. The van der Waals surface area contributed by atoms with Crippen LogP contribution in [0.3, 0.4) is 0 Å². The Morgan fingerprint density at radius 2 is 1.43 bits per heavy atom. The monoisotopic (exact) mass is 1120 g/mol. The number of anilines is 1. The molecule has 3 aliphatic heterocycles. The molecular formula is C53H66F7N11O8. The quantitative estimate of drug-likeness (QED) is 0.0324. The summed E-state index contributed by atoms with van der Waals surface area (Å²) < 4.78 is 116. The Balaban J connectivity index is 1.28. The van der Waals surface area contributed by atoms with E-state index in [9.17, 15) is 46.2 Å². The number of amides is 4. The molecule has 3 saturated heterocycles. The number of fused-ring (bicyclic) bond motifs is 2. The molecule has 3 fully saturated rings. The average Bonchev–Trinajstić information content (AvgIpc) is 3.92. The molecule has 6 rings (SSSR count). The van der Waals surface area contributed by atoms with E-state index in [1.54, 1.807) is 57.4 Å². The van der Waals surface area contributed by atoms with Gasteiger partial charge in [-0.15, -0.1) is 0 Å². The number of allylic oxidation sites excluding steroid dienone is 1. The highest BCUT2D eigenvalue weighted by atomic mass is 19.4. The molecule has 79 heavy (non-hydrogen) atoms. The van der Waals surface area contributed by atoms with Crippen molar-refractivity contribution in [2.24, 2.45) is 10.8 Å². The molecule has 3 aromatic rings. The van der Waals surface area contributed by atoms with Crippen LogP contribution in [0.2, 0.25) is 0 Å². The first kappa shape index (κ1) is 61.1. The smallest absolute Gasteiger partial charge is 0.407 e. The summed E-state index contributed by atoms with van der Waals surface area (Å²) >= 11 is 0. The van der Waals surface area contributed by atoms with Gasteiger partial charge in [0.05, 0.1) is 68.9 Å². The lowest BCUT2D eigenvalue weighted by Crippen LogP contribution is -2.63. The van der Waals surface area contributed by atoms with Crippen molar-refractivity contribution in [3.63, 3.8) is 0 Å². The summed E-state index contributed by atoms with van der Waals surface area (Å²) in [6, 6.07) is 3.80. The fraction of sp³-hybridized carbons (Fsp3) is 0.528. The molecule has 1 aromatic heterocycles. The lowest BCUT2D eigenvalue weighted by atomic mass is 9.82. The number of hydrogen-bond donors (Lipinski definition) is 7. The highest BCUT2D eigenvalue weighted by molar-refractivity contribution is 6.06. The van der Waals surface area contributed by atoms with Crippen LogP contribution < -0.4 is 31.6 Å². The predicted octanol–water partition coefficient (Wildman–Crippen LogP) is 4.95. The normalized spacial score (nSPS) is 18.4. The van der Waals surface area contributed by atoms with E-state index >= 15 is 8.78 Å². The zero-order valence-electron chi connectivity index (χ0n) is 44.7. The summed E-state index contributed by atoms with van der Waals surface area (Å²) in [5, 5.41) is 30.2. The van der Waals surface area contributed by atoms with Crippen LogP contribution in [-0.4, -0.2) is 163 Å². The summed E-state index contributed by atoms with van der Waals surface area (Å²) in [7, 11) is 1.92. The van der Waals surface area contributed by atoms with Crippen molar-refractivity contribution in [2.45, 2.75) is 115 Å². The van der Waals surface area contributed by atoms with Gasteiger partial charge >= 0.3 is 18.4 Å². The number of carbonyl (C=O) groups is 4. The average molecular weight is 1120 g/mol. The SMILES string of the molecule is COC(=O)NC(C(=O)N[C@@H](Cc1ccc(C#Cc2cnc(N3CC4CCC(C3)N4C3COC3)nc2)cc1)[C@@H](O)CN(Cc1c(F)cc(C(=N)/C=C\NCC(F)F)cc1F)NC(=O)[C@@H](NC(=O)OC)C(C)(C)C)C(C)(C)C(F)(F)F. The maximum absolute atomic E-state index is 16.0. The Kier molecular flexibility index (Phi) is 20.3. The summed E-state index contributed by atoms with van der Waals surface area (Å²) in [6.07, 6.45) is -5.05. The fourth-order valence-electron chi connectivity index (χ4n) is 9.30. The molecule has 4 heterocycles. The maximum Gasteiger partial charge on any atom is 0.407 e. The van der Waals surface area contributed by atoms with Gasteiger partial charge < -0.3 is 50.9 Å². The van der Waals surface area contributed by atoms with E-state index in [0.717, 1.165) is 82.8 Å². The standard InChI is InChI=1S/C53H66F7N11O8/c1-51(2,3)44(66-49(75)77-6)47(74)68-70(26-37-38(54)19-33(20-39(37)55)40(61)16-17-62-23-43(56)57)27-42(72)41(65-46(73)45(67-50(76)78-7)52(4,5)53(58,59)60)18-31-11-8-30(9-12-31)10-13-32-21-63-48(64-22-32)69-24-34-14-15-35(25-69)71(34)36-28-79-29-36/h8-9,11-12,16-17,19-22,34-36,41-45,61-62,72H,14-15,18,23-29H2,1-7H3,(H,65,73)(H,66,75)(H,67,76)(H,68,74)/b17-16-,61-40?/t34?,35?,41-,42-,44+,45?/m0/s1. The van der Waals surface area contributed by atoms with Crippen LogP contribution in [0, 0.1) is 39.7 Å². The number of aliphatic hydroxyl groups is 1. The number of piperazine rings is 1. The van der Waals surface area contributed by atoms with Gasteiger partial charge in [-0.3, -0.25) is 19.9 Å². The Bertz CT molecular complexity index is 2690. The van der Waals surface area contributed by atoms with Gasteiger partial charge in [0.2, 0.25) is 11.9 Å². The number of aromatic nitrogens is 2. The van der Waals surface area contributed by atoms with Crippen LogP contribution >= 0.6 is 0 Å². The molecule has 3 aliphatic rings. The number of hydrazine groups is 1. The number of nitrogens with one attached hydrogen (secondary N) is 6. The summed E-state index contributed by atoms with van der Waals surface area (Å²) in [4.78, 5) is 66.9. The predicted molar refractivity (Wildman–Crippen MR) is 274 cm³/mol. The number of ether oxygens (including phenoxy) is 3. The largest absolute Gasteiger partial charge is 0.453 e. The molecule has 430 valence electrons. The van der Waals surface area contributed by atoms with E-state index in [4.69, 9.17) is 14.9 Å². The second-order valence-corrected chi connectivity index (χ2v) is 21.1. The number of alkyl carbamates (subject to hydrolysis) is 2. The van der Waals surface area contributed by atoms with Gasteiger partial charge in [0.1, 0.15) is 23.7 Å². The van der Waals surface area contributed by atoms with Crippen LogP contribution in [0.15, 0.2) is 61.1 Å². The maximum atomic E-state index is 16.0. The molecule has 26 heteroatoms. The van der Waals surface area contributed by atoms with E-state index in [2.05, 4.69) is 57.7 Å². The van der Waals surface area contributed by atoms with Gasteiger partial charge in [-0.25, -0.2) is 42.1 Å². The van der Waals surface area contributed by atoms with Crippen molar-refractivity contribution in [1.82, 2.24) is 46.6 Å². The fourth-order valence-corrected chi connectivity index (χ4v) is 9.30. The molecule has 0 aliphatic carbocycles. The van der Waals surface area contributed by atoms with E-state index in [-0.39, 0.29) is 12.0 Å². The lowest BCUT2D eigenvalue weighted by molar-refractivity contribution is -0.220. The molecular weight excluding hydrogens is 1050 g/mol. The van der Waals surface area contributed by atoms with Crippen molar-refractivity contribution in [1.29, 1.82) is 5.41 Å². The van der Waals surface area contributed by atoms with Crippen molar-refractivity contribution < 1.29 is 69.2 Å². The number of nitrogens with zero attached hydrogens (tertiary/aromatic N) is 5. The molecule has 0 saturated carbocycles. The lowest BCUT2D eigenvalue weighted by Gasteiger charge is -2.47. The number of methoxy groups -OCH3 is 2. The van der Waals surface area contributed by atoms with Gasteiger partial charge in [-0.2, -0.15) is 13.2 Å². The third-order valence-electron chi connectivity index (χ3n) is 13.9. The van der Waals surface area contributed by atoms with Crippen molar-refractivity contribution in [3.8, 4) is 11.8 Å². The first-order valence-corrected chi connectivity index (χ1v) is 25.3. The third-order valence-corrected chi connectivity index (χ3v) is 13.9. The zero-order chi connectivity index (χ0) is 58.0. The van der Waals surface area contributed by atoms with Crippen LogP contribution in [0.5, 0.6) is 0 Å². The molecule has 2 bridgehead atoms. The highest BCUT2D eigenvalue weighted by Crippen LogP contribution is 2.41. The number of benzene rings is 2. The van der Waals surface area contributed by atoms with E-state index < -0.39 is 114 Å². The Morgan fingerprint density at radius 1 is 0.861 bits per heavy atom. The summed E-state index contributed by atoms with van der Waals surface area (Å²) in [5.41, 5.74) is -1.66. The second-order valence-electron chi connectivity index (χ2n) is 21.1. The molecule has 2 aromatic carbocycles. The molecule has 7 N–H and O–H groups in total. The van der Waals surface area contributed by atoms with Crippen molar-refractivity contribution >= 4 is 35.7 Å². The number of aliphatic hydroxyl groups excluding tert-OH is 1. The molecule has 4 amide bonds. The topological polar surface area (TPSA) is 236 Å². The number of halogens is 7. The van der Waals surface area contributed by atoms with E-state index in [1.165, 1.54) is 0 Å². The Morgan fingerprint density at radius 3 is 1.95 bits per heavy atom. The molecule has 19 nitrogen and oxygen atoms in total. The summed E-state index contributed by atoms with van der Waals surface area (Å²) in [6.45, 7) is 6.71. The molecule has 6 atom stereocenters. The van der Waals surface area contributed by atoms with Gasteiger partial charge in [0.25, 0.3) is 12.3 Å². The number of alkyl halides is 5. The van der Waals surface area contributed by atoms with Crippen LogP contribution in [0.25, 0.3) is 0 Å². The van der Waals surface area contributed by atoms with Gasteiger partial charge in [-0.05, 0) is 80.6 Å². The van der Waals surface area contributed by atoms with E-state index in [1.807, 2.05) is 5.32 Å². The Labute approximate surface area is 452 Å². The molecule has 3 unspecified atom stereocenters. The van der Waals surface area contributed by atoms with Crippen molar-refractivity contribution in [2.75, 3.05) is 58.5 Å². The van der Waals surface area contributed by atoms with Crippen LogP contribution in [-0.2, 0) is 36.8 Å². The highest BCUT2D eigenvalue weighted by Gasteiger charge is 2.56. The molecule has 0 radical (unpaired) electrons. The van der Waals surface area contributed by atoms with Gasteiger partial charge in [0, 0.05) is 67.3 Å². The number of rotatable bonds is 21.